The van der Waals surface area contributed by atoms with Gasteiger partial charge in [0, 0.05) is 5.75 Å². The SMILES string of the molecule is OC(CS)C(O)c1cc(F)c(Cl)c(F)c1. The Morgan fingerprint density at radius 1 is 1.27 bits per heavy atom. The Bertz CT molecular complexity index is 339. The molecule has 0 fully saturated rings. The highest BCUT2D eigenvalue weighted by molar-refractivity contribution is 7.80. The van der Waals surface area contributed by atoms with Crippen molar-refractivity contribution in [1.82, 2.24) is 0 Å². The van der Waals surface area contributed by atoms with Crippen LogP contribution in [0.4, 0.5) is 8.78 Å². The maximum atomic E-state index is 13.0. The normalized spacial score (nSPS) is 15.1. The second-order valence-electron chi connectivity index (χ2n) is 2.99. The number of hydrogen-bond acceptors (Lipinski definition) is 3. The molecule has 0 aliphatic carbocycles. The molecule has 0 aliphatic rings. The Balaban J connectivity index is 3.06. The average Bonchev–Trinajstić information content (AvgIpc) is 2.23. The molecule has 2 N–H and O–H groups in total. The highest BCUT2D eigenvalue weighted by Gasteiger charge is 2.20. The number of hydrogen-bond donors (Lipinski definition) is 3. The van der Waals surface area contributed by atoms with Crippen LogP contribution in [0.5, 0.6) is 0 Å². The van der Waals surface area contributed by atoms with Crippen molar-refractivity contribution in [2.24, 2.45) is 0 Å². The molecule has 15 heavy (non-hydrogen) atoms. The first-order chi connectivity index (χ1) is 6.97. The Labute approximate surface area is 95.9 Å². The van der Waals surface area contributed by atoms with Crippen molar-refractivity contribution in [1.29, 1.82) is 0 Å². The van der Waals surface area contributed by atoms with Gasteiger partial charge in [0.15, 0.2) is 0 Å². The maximum Gasteiger partial charge on any atom is 0.145 e. The third kappa shape index (κ3) is 2.81. The van der Waals surface area contributed by atoms with Gasteiger partial charge in [-0.25, -0.2) is 8.78 Å². The van der Waals surface area contributed by atoms with Gasteiger partial charge in [-0.3, -0.25) is 0 Å². The summed E-state index contributed by atoms with van der Waals surface area (Å²) in [4.78, 5) is 0. The van der Waals surface area contributed by atoms with Crippen LogP contribution in [0.2, 0.25) is 5.02 Å². The monoisotopic (exact) mass is 254 g/mol. The first-order valence-electron chi connectivity index (χ1n) is 4.08. The summed E-state index contributed by atoms with van der Waals surface area (Å²) >= 11 is 9.01. The Kier molecular flexibility index (Phi) is 4.33. The molecule has 0 saturated carbocycles. The standard InChI is InChI=1S/C9H9ClF2O2S/c10-8-5(11)1-4(2-6(8)12)9(14)7(13)3-15/h1-2,7,9,13-15H,3H2. The van der Waals surface area contributed by atoms with Crippen LogP contribution in [-0.2, 0) is 0 Å². The molecular formula is C9H9ClF2O2S. The lowest BCUT2D eigenvalue weighted by Crippen LogP contribution is -2.20. The number of benzene rings is 1. The Morgan fingerprint density at radius 2 is 1.73 bits per heavy atom. The zero-order valence-corrected chi connectivity index (χ0v) is 9.14. The Morgan fingerprint density at radius 3 is 2.13 bits per heavy atom. The fourth-order valence-corrected chi connectivity index (χ4v) is 1.38. The topological polar surface area (TPSA) is 40.5 Å². The van der Waals surface area contributed by atoms with Gasteiger partial charge in [-0.05, 0) is 17.7 Å². The van der Waals surface area contributed by atoms with Gasteiger partial charge in [-0.1, -0.05) is 11.6 Å². The van der Waals surface area contributed by atoms with Crippen LogP contribution in [0.3, 0.4) is 0 Å². The predicted octanol–water partition coefficient (Wildman–Crippen LogP) is 1.94. The number of aliphatic hydroxyl groups is 2. The van der Waals surface area contributed by atoms with E-state index in [1.165, 1.54) is 0 Å². The zero-order valence-electron chi connectivity index (χ0n) is 7.49. The molecule has 84 valence electrons. The number of halogens is 3. The van der Waals surface area contributed by atoms with Crippen molar-refractivity contribution in [3.8, 4) is 0 Å². The lowest BCUT2D eigenvalue weighted by molar-refractivity contribution is 0.0334. The molecule has 2 nitrogen and oxygen atoms in total. The van der Waals surface area contributed by atoms with Gasteiger partial charge in [0.1, 0.15) is 22.8 Å². The van der Waals surface area contributed by atoms with Gasteiger partial charge in [0.05, 0.1) is 6.10 Å². The molecule has 0 aromatic heterocycles. The number of thiol groups is 1. The van der Waals surface area contributed by atoms with Gasteiger partial charge in [0.25, 0.3) is 0 Å². The van der Waals surface area contributed by atoms with E-state index in [0.29, 0.717) is 0 Å². The fraction of sp³-hybridized carbons (Fsp3) is 0.333. The van der Waals surface area contributed by atoms with Crippen LogP contribution in [0.25, 0.3) is 0 Å². The van der Waals surface area contributed by atoms with E-state index in [9.17, 15) is 19.0 Å². The third-order valence-corrected chi connectivity index (χ3v) is 2.63. The average molecular weight is 255 g/mol. The zero-order chi connectivity index (χ0) is 11.6. The van der Waals surface area contributed by atoms with Crippen LogP contribution in [0.15, 0.2) is 12.1 Å². The summed E-state index contributed by atoms with van der Waals surface area (Å²) in [7, 11) is 0. The smallest absolute Gasteiger partial charge is 0.145 e. The summed E-state index contributed by atoms with van der Waals surface area (Å²) in [5, 5.41) is 18.0. The van der Waals surface area contributed by atoms with Crippen molar-refractivity contribution in [2.75, 3.05) is 5.75 Å². The molecule has 0 heterocycles. The Hall–Kier alpha value is -0.360. The summed E-state index contributed by atoms with van der Waals surface area (Å²) in [6.07, 6.45) is -2.57. The highest BCUT2D eigenvalue weighted by Crippen LogP contribution is 2.25. The van der Waals surface area contributed by atoms with Crippen LogP contribution < -0.4 is 0 Å². The van der Waals surface area contributed by atoms with E-state index in [-0.39, 0.29) is 11.3 Å². The lowest BCUT2D eigenvalue weighted by atomic mass is 10.1. The molecule has 0 saturated heterocycles. The van der Waals surface area contributed by atoms with E-state index in [2.05, 4.69) is 12.6 Å². The molecule has 6 heteroatoms. The second kappa shape index (κ2) is 5.12. The molecule has 0 aliphatic heterocycles. The minimum Gasteiger partial charge on any atom is -0.389 e. The highest BCUT2D eigenvalue weighted by atomic mass is 35.5. The molecule has 2 unspecified atom stereocenters. The molecule has 0 spiro atoms. The van der Waals surface area contributed by atoms with Crippen molar-refractivity contribution >= 4 is 24.2 Å². The van der Waals surface area contributed by atoms with Crippen LogP contribution >= 0.6 is 24.2 Å². The number of aliphatic hydroxyl groups excluding tert-OH is 2. The number of rotatable bonds is 3. The van der Waals surface area contributed by atoms with E-state index in [4.69, 9.17) is 11.6 Å². The molecule has 0 amide bonds. The first kappa shape index (κ1) is 12.7. The fourth-order valence-electron chi connectivity index (χ4n) is 1.07. The molecule has 1 aromatic rings. The quantitative estimate of drug-likeness (QED) is 0.570. The molecular weight excluding hydrogens is 246 g/mol. The van der Waals surface area contributed by atoms with Crippen molar-refractivity contribution in [3.63, 3.8) is 0 Å². The maximum absolute atomic E-state index is 13.0. The van der Waals surface area contributed by atoms with Gasteiger partial charge < -0.3 is 10.2 Å². The minimum absolute atomic E-state index is 0.0208. The largest absolute Gasteiger partial charge is 0.389 e. The molecule has 0 bridgehead atoms. The minimum atomic E-state index is -1.39. The molecule has 2 atom stereocenters. The van der Waals surface area contributed by atoms with E-state index in [1.54, 1.807) is 0 Å². The summed E-state index contributed by atoms with van der Waals surface area (Å²) in [6, 6.07) is 1.76. The van der Waals surface area contributed by atoms with E-state index in [0.717, 1.165) is 12.1 Å². The van der Waals surface area contributed by atoms with Crippen LogP contribution in [0.1, 0.15) is 11.7 Å². The van der Waals surface area contributed by atoms with E-state index in [1.807, 2.05) is 0 Å². The van der Waals surface area contributed by atoms with Gasteiger partial charge in [-0.2, -0.15) is 12.6 Å². The van der Waals surface area contributed by atoms with Crippen molar-refractivity contribution in [2.45, 2.75) is 12.2 Å². The van der Waals surface area contributed by atoms with Crippen molar-refractivity contribution < 1.29 is 19.0 Å². The summed E-state index contributed by atoms with van der Waals surface area (Å²) in [6.45, 7) is 0. The first-order valence-corrected chi connectivity index (χ1v) is 5.09. The second-order valence-corrected chi connectivity index (χ2v) is 3.74. The summed E-state index contributed by atoms with van der Waals surface area (Å²) in [5.41, 5.74) is -0.0732. The molecule has 1 aromatic carbocycles. The molecule has 1 rings (SSSR count). The van der Waals surface area contributed by atoms with Gasteiger partial charge >= 0.3 is 0 Å². The lowest BCUT2D eigenvalue weighted by Gasteiger charge is -2.16. The van der Waals surface area contributed by atoms with Crippen LogP contribution in [0, 0.1) is 11.6 Å². The van der Waals surface area contributed by atoms with E-state index < -0.39 is 28.9 Å². The summed E-state index contributed by atoms with van der Waals surface area (Å²) < 4.78 is 26.0. The van der Waals surface area contributed by atoms with E-state index >= 15 is 0 Å². The summed E-state index contributed by atoms with van der Waals surface area (Å²) in [5.74, 6) is -1.97. The van der Waals surface area contributed by atoms with Gasteiger partial charge in [0.2, 0.25) is 0 Å². The van der Waals surface area contributed by atoms with Gasteiger partial charge in [-0.15, -0.1) is 0 Å². The predicted molar refractivity (Wildman–Crippen MR) is 56.2 cm³/mol. The van der Waals surface area contributed by atoms with Crippen molar-refractivity contribution in [3.05, 3.63) is 34.4 Å². The van der Waals surface area contributed by atoms with Crippen LogP contribution in [-0.4, -0.2) is 22.1 Å². The molecule has 0 radical (unpaired) electrons. The third-order valence-electron chi connectivity index (χ3n) is 1.90.